The molecule has 3 atom stereocenters. The predicted molar refractivity (Wildman–Crippen MR) is 71.0 cm³/mol. The summed E-state index contributed by atoms with van der Waals surface area (Å²) in [6, 6.07) is -0.664. The monoisotopic (exact) mass is 258 g/mol. The van der Waals surface area contributed by atoms with Gasteiger partial charge in [0.15, 0.2) is 0 Å². The lowest BCUT2D eigenvalue weighted by Crippen LogP contribution is -2.62. The van der Waals surface area contributed by atoms with Crippen LogP contribution in [0.25, 0.3) is 0 Å². The molecule has 0 saturated carbocycles. The Hall–Kier alpha value is -0.710. The summed E-state index contributed by atoms with van der Waals surface area (Å²) >= 11 is 1.78. The smallest absolute Gasteiger partial charge is 0.245 e. The van der Waals surface area contributed by atoms with E-state index in [1.165, 1.54) is 0 Å². The molecule has 1 aliphatic rings. The number of carbonyl (C=O) groups excluding carboxylic acids is 2. The maximum absolute atomic E-state index is 12.1. The lowest BCUT2D eigenvalue weighted by molar-refractivity contribution is -0.148. The summed E-state index contributed by atoms with van der Waals surface area (Å²) in [6.45, 7) is 6.53. The van der Waals surface area contributed by atoms with Crippen LogP contribution < -0.4 is 5.32 Å². The molecule has 0 aliphatic carbocycles. The van der Waals surface area contributed by atoms with Crippen molar-refractivity contribution in [2.75, 3.05) is 12.8 Å². The second kappa shape index (κ2) is 6.28. The Labute approximate surface area is 108 Å². The summed E-state index contributed by atoms with van der Waals surface area (Å²) in [5.74, 6) is 0.0288. The van der Waals surface area contributed by atoms with Crippen LogP contribution in [-0.4, -0.2) is 46.8 Å². The van der Waals surface area contributed by atoms with Gasteiger partial charge in [-0.05, 0) is 26.0 Å². The van der Waals surface area contributed by atoms with Gasteiger partial charge in [0, 0.05) is 11.8 Å². The molecule has 5 heteroatoms. The van der Waals surface area contributed by atoms with Crippen LogP contribution in [0.2, 0.25) is 0 Å². The Balaban J connectivity index is 2.65. The lowest BCUT2D eigenvalue weighted by atomic mass is 10.1. The van der Waals surface area contributed by atoms with Crippen LogP contribution in [-0.2, 0) is 9.59 Å². The largest absolute Gasteiger partial charge is 0.343 e. The van der Waals surface area contributed by atoms with E-state index in [1.807, 2.05) is 6.92 Å². The first kappa shape index (κ1) is 14.4. The second-order valence-electron chi connectivity index (χ2n) is 4.51. The predicted octanol–water partition coefficient (Wildman–Crippen LogP) is 1.25. The molecule has 1 saturated heterocycles. The fourth-order valence-electron chi connectivity index (χ4n) is 1.91. The standard InChI is InChI=1S/C12H22N2O2S/c1-5-10-12(16)14(7-6-8(2)17-4)9(3)11(15)13-10/h8-10H,5-7H2,1-4H3,(H,13,15). The molecule has 17 heavy (non-hydrogen) atoms. The molecular weight excluding hydrogens is 236 g/mol. The van der Waals surface area contributed by atoms with Gasteiger partial charge in [-0.25, -0.2) is 0 Å². The molecule has 0 aromatic rings. The van der Waals surface area contributed by atoms with Gasteiger partial charge in [0.25, 0.3) is 0 Å². The zero-order valence-corrected chi connectivity index (χ0v) is 11.8. The molecule has 1 N–H and O–H groups in total. The molecule has 0 aromatic carbocycles. The van der Waals surface area contributed by atoms with Crippen LogP contribution >= 0.6 is 11.8 Å². The number of rotatable bonds is 5. The molecule has 0 radical (unpaired) electrons. The first-order valence-corrected chi connectivity index (χ1v) is 7.43. The Bertz CT molecular complexity index is 296. The summed E-state index contributed by atoms with van der Waals surface area (Å²) in [7, 11) is 0. The second-order valence-corrected chi connectivity index (χ2v) is 5.79. The van der Waals surface area contributed by atoms with Crippen molar-refractivity contribution in [3.63, 3.8) is 0 Å². The van der Waals surface area contributed by atoms with E-state index in [4.69, 9.17) is 0 Å². The van der Waals surface area contributed by atoms with Crippen molar-refractivity contribution in [1.82, 2.24) is 10.2 Å². The number of hydrogen-bond donors (Lipinski definition) is 1. The molecule has 2 amide bonds. The van der Waals surface area contributed by atoms with E-state index >= 15 is 0 Å². The zero-order valence-electron chi connectivity index (χ0n) is 11.0. The fourth-order valence-corrected chi connectivity index (χ4v) is 2.25. The summed E-state index contributed by atoms with van der Waals surface area (Å²) in [5, 5.41) is 3.28. The average molecular weight is 258 g/mol. The first-order valence-electron chi connectivity index (χ1n) is 6.14. The maximum Gasteiger partial charge on any atom is 0.245 e. The number of nitrogens with one attached hydrogen (secondary N) is 1. The number of amides is 2. The van der Waals surface area contributed by atoms with E-state index < -0.39 is 0 Å². The fraction of sp³-hybridized carbons (Fsp3) is 0.833. The summed E-state index contributed by atoms with van der Waals surface area (Å²) in [6.07, 6.45) is 3.65. The molecule has 1 aliphatic heterocycles. The first-order chi connectivity index (χ1) is 8.01. The lowest BCUT2D eigenvalue weighted by Gasteiger charge is -2.37. The zero-order chi connectivity index (χ0) is 13.0. The molecule has 1 heterocycles. The summed E-state index contributed by atoms with van der Waals surface area (Å²) in [4.78, 5) is 25.6. The number of carbonyl (C=O) groups is 2. The molecular formula is C12H22N2O2S. The molecule has 1 fully saturated rings. The van der Waals surface area contributed by atoms with Crippen molar-refractivity contribution in [3.8, 4) is 0 Å². The van der Waals surface area contributed by atoms with Gasteiger partial charge in [-0.3, -0.25) is 9.59 Å². The van der Waals surface area contributed by atoms with Gasteiger partial charge < -0.3 is 10.2 Å². The summed E-state index contributed by atoms with van der Waals surface area (Å²) in [5.41, 5.74) is 0. The molecule has 4 nitrogen and oxygen atoms in total. The van der Waals surface area contributed by atoms with Crippen molar-refractivity contribution in [1.29, 1.82) is 0 Å². The third-order valence-corrected chi connectivity index (χ3v) is 4.37. The third-order valence-electron chi connectivity index (χ3n) is 3.33. The van der Waals surface area contributed by atoms with E-state index in [0.717, 1.165) is 6.42 Å². The van der Waals surface area contributed by atoms with Crippen molar-refractivity contribution in [3.05, 3.63) is 0 Å². The van der Waals surface area contributed by atoms with Crippen LogP contribution in [0.15, 0.2) is 0 Å². The van der Waals surface area contributed by atoms with Crippen molar-refractivity contribution < 1.29 is 9.59 Å². The van der Waals surface area contributed by atoms with Crippen LogP contribution in [0.5, 0.6) is 0 Å². The minimum atomic E-state index is -0.334. The molecule has 98 valence electrons. The highest BCUT2D eigenvalue weighted by Crippen LogP contribution is 2.16. The van der Waals surface area contributed by atoms with Gasteiger partial charge in [0.1, 0.15) is 12.1 Å². The Kier molecular flexibility index (Phi) is 5.31. The van der Waals surface area contributed by atoms with Gasteiger partial charge in [-0.2, -0.15) is 11.8 Å². The highest BCUT2D eigenvalue weighted by Gasteiger charge is 2.36. The number of hydrogen-bond acceptors (Lipinski definition) is 3. The van der Waals surface area contributed by atoms with Crippen molar-refractivity contribution in [2.45, 2.75) is 50.9 Å². The third kappa shape index (κ3) is 3.37. The van der Waals surface area contributed by atoms with Gasteiger partial charge in [0.2, 0.25) is 11.8 Å². The van der Waals surface area contributed by atoms with Crippen molar-refractivity contribution in [2.24, 2.45) is 0 Å². The molecule has 0 bridgehead atoms. The van der Waals surface area contributed by atoms with Crippen molar-refractivity contribution >= 4 is 23.6 Å². The van der Waals surface area contributed by atoms with Gasteiger partial charge in [-0.15, -0.1) is 0 Å². The minimum Gasteiger partial charge on any atom is -0.343 e. The van der Waals surface area contributed by atoms with E-state index in [0.29, 0.717) is 18.2 Å². The highest BCUT2D eigenvalue weighted by atomic mass is 32.2. The van der Waals surface area contributed by atoms with Crippen LogP contribution in [0, 0.1) is 0 Å². The quantitative estimate of drug-likeness (QED) is 0.807. The molecule has 0 spiro atoms. The molecule has 0 aromatic heterocycles. The van der Waals surface area contributed by atoms with E-state index in [1.54, 1.807) is 23.6 Å². The number of thioether (sulfide) groups is 1. The summed E-state index contributed by atoms with van der Waals surface area (Å²) < 4.78 is 0. The Morgan fingerprint density at radius 2 is 2.12 bits per heavy atom. The van der Waals surface area contributed by atoms with Crippen LogP contribution in [0.1, 0.15) is 33.6 Å². The highest BCUT2D eigenvalue weighted by molar-refractivity contribution is 7.99. The Morgan fingerprint density at radius 1 is 1.47 bits per heavy atom. The normalized spacial score (nSPS) is 26.9. The van der Waals surface area contributed by atoms with Gasteiger partial charge in [-0.1, -0.05) is 13.8 Å². The molecule has 3 unspecified atom stereocenters. The topological polar surface area (TPSA) is 49.4 Å². The number of nitrogens with zero attached hydrogens (tertiary/aromatic N) is 1. The van der Waals surface area contributed by atoms with Crippen LogP contribution in [0.3, 0.4) is 0 Å². The SMILES string of the molecule is CCC1NC(=O)C(C)N(CCC(C)SC)C1=O. The Morgan fingerprint density at radius 3 is 2.65 bits per heavy atom. The average Bonchev–Trinajstić information content (AvgIpc) is 2.33. The number of piperazine rings is 1. The minimum absolute atomic E-state index is 0.0340. The molecule has 1 rings (SSSR count). The van der Waals surface area contributed by atoms with Gasteiger partial charge in [0.05, 0.1) is 0 Å². The maximum atomic E-state index is 12.1. The van der Waals surface area contributed by atoms with E-state index in [9.17, 15) is 9.59 Å². The van der Waals surface area contributed by atoms with E-state index in [2.05, 4.69) is 18.5 Å². The van der Waals surface area contributed by atoms with Crippen LogP contribution in [0.4, 0.5) is 0 Å². The van der Waals surface area contributed by atoms with Gasteiger partial charge >= 0.3 is 0 Å². The van der Waals surface area contributed by atoms with E-state index in [-0.39, 0.29) is 23.9 Å².